The minimum Gasteiger partial charge on any atom is -0.384 e. The molecule has 0 aromatic heterocycles. The average molecular weight is 437 g/mol. The van der Waals surface area contributed by atoms with Crippen molar-refractivity contribution in [3.63, 3.8) is 0 Å². The Morgan fingerprint density at radius 3 is 1.94 bits per heavy atom. The van der Waals surface area contributed by atoms with Gasteiger partial charge in [0.2, 0.25) is 0 Å². The molecule has 32 heavy (non-hydrogen) atoms. The zero-order valence-corrected chi connectivity index (χ0v) is 18.7. The van der Waals surface area contributed by atoms with E-state index >= 15 is 0 Å². The lowest BCUT2D eigenvalue weighted by atomic mass is 9.82. The second kappa shape index (κ2) is 7.39. The molecule has 4 nitrogen and oxygen atoms in total. The van der Waals surface area contributed by atoms with Crippen LogP contribution in [0.4, 0.5) is 20.2 Å². The molecule has 6 heteroatoms. The van der Waals surface area contributed by atoms with Gasteiger partial charge in [0.05, 0.1) is 11.4 Å². The van der Waals surface area contributed by atoms with Crippen LogP contribution in [-0.4, -0.2) is 23.0 Å². The zero-order valence-electron chi connectivity index (χ0n) is 18.7. The van der Waals surface area contributed by atoms with Gasteiger partial charge in [0.15, 0.2) is 11.3 Å². The molecule has 4 aliphatic rings. The minimum absolute atomic E-state index is 0.0828. The van der Waals surface area contributed by atoms with E-state index in [2.05, 4.69) is 16.1 Å². The fourth-order valence-corrected chi connectivity index (χ4v) is 5.90. The van der Waals surface area contributed by atoms with Crippen molar-refractivity contribution in [3.05, 3.63) is 58.7 Å². The van der Waals surface area contributed by atoms with Gasteiger partial charge in [-0.15, -0.1) is 0 Å². The number of alkyl halides is 2. The molecule has 4 unspecified atom stereocenters. The van der Waals surface area contributed by atoms with Crippen LogP contribution in [0.5, 0.6) is 0 Å². The average Bonchev–Trinajstić information content (AvgIpc) is 3.34. The summed E-state index contributed by atoms with van der Waals surface area (Å²) in [7, 11) is 0. The maximum atomic E-state index is 14.7. The molecule has 4 atom stereocenters. The first kappa shape index (κ1) is 21.1. The van der Waals surface area contributed by atoms with E-state index < -0.39 is 11.3 Å². The number of benzene rings is 2. The molecule has 0 radical (unpaired) electrons. The summed E-state index contributed by atoms with van der Waals surface area (Å²) in [6.45, 7) is 4.04. The first-order valence-corrected chi connectivity index (χ1v) is 11.5. The molecule has 4 N–H and O–H groups in total. The maximum absolute atomic E-state index is 14.7. The highest BCUT2D eigenvalue weighted by atomic mass is 19.1. The SMILES string of the molecule is Cc1ccc2c(c1)C1CCCC1(F)C(N)=N2.Cc1ccc2c(c1)N=C(N)C1(F)CCCC21. The number of halogens is 2. The van der Waals surface area contributed by atoms with Crippen LogP contribution in [0, 0.1) is 13.8 Å². The van der Waals surface area contributed by atoms with Gasteiger partial charge in [0.1, 0.15) is 11.7 Å². The first-order chi connectivity index (χ1) is 15.2. The number of amidine groups is 2. The Labute approximate surface area is 187 Å². The molecule has 0 spiro atoms. The smallest absolute Gasteiger partial charge is 0.174 e. The second-order valence-electron chi connectivity index (χ2n) is 9.73. The molecule has 2 aromatic rings. The van der Waals surface area contributed by atoms with Crippen molar-refractivity contribution in [1.82, 2.24) is 0 Å². The van der Waals surface area contributed by atoms with Gasteiger partial charge < -0.3 is 11.5 Å². The third-order valence-corrected chi connectivity index (χ3v) is 7.62. The molecule has 2 heterocycles. The molecule has 2 aliphatic heterocycles. The standard InChI is InChI=1S/2C13H15FN2/c1-8-4-5-11-9(7-8)10-3-2-6-13(10,14)12(15)16-11;1-8-4-5-9-10-3-2-6-13(10,14)12(15)16-11(9)7-8/h2*4-5,7,10H,2-3,6H2,1H3,(H2,15,16). The molecular weight excluding hydrogens is 406 g/mol. The highest BCUT2D eigenvalue weighted by Crippen LogP contribution is 2.52. The quantitative estimate of drug-likeness (QED) is 0.536. The highest BCUT2D eigenvalue weighted by molar-refractivity contribution is 5.95. The number of nitrogens with zero attached hydrogens (tertiary/aromatic N) is 2. The summed E-state index contributed by atoms with van der Waals surface area (Å²) in [6, 6.07) is 12.0. The Bertz CT molecular complexity index is 1140. The fraction of sp³-hybridized carbons (Fsp3) is 0.462. The van der Waals surface area contributed by atoms with Crippen molar-refractivity contribution < 1.29 is 8.78 Å². The molecule has 0 amide bonds. The fourth-order valence-electron chi connectivity index (χ4n) is 5.90. The van der Waals surface area contributed by atoms with Gasteiger partial charge in [-0.3, -0.25) is 0 Å². The van der Waals surface area contributed by atoms with Crippen LogP contribution in [-0.2, 0) is 0 Å². The number of rotatable bonds is 0. The van der Waals surface area contributed by atoms with Gasteiger partial charge in [-0.25, -0.2) is 18.8 Å². The van der Waals surface area contributed by atoms with Crippen molar-refractivity contribution >= 4 is 23.0 Å². The summed E-state index contributed by atoms with van der Waals surface area (Å²) in [5.74, 6) is 0.181. The van der Waals surface area contributed by atoms with Crippen LogP contribution in [0.25, 0.3) is 0 Å². The van der Waals surface area contributed by atoms with E-state index in [1.807, 2.05) is 44.2 Å². The van der Waals surface area contributed by atoms with E-state index in [1.165, 1.54) is 0 Å². The first-order valence-electron chi connectivity index (χ1n) is 11.5. The van der Waals surface area contributed by atoms with Crippen LogP contribution in [0.3, 0.4) is 0 Å². The highest BCUT2D eigenvalue weighted by Gasteiger charge is 2.51. The Balaban J connectivity index is 0.000000135. The summed E-state index contributed by atoms with van der Waals surface area (Å²) < 4.78 is 29.4. The third-order valence-electron chi connectivity index (χ3n) is 7.62. The maximum Gasteiger partial charge on any atom is 0.174 e. The molecule has 2 fully saturated rings. The largest absolute Gasteiger partial charge is 0.384 e. The minimum atomic E-state index is -1.39. The van der Waals surface area contributed by atoms with Crippen LogP contribution in [0.1, 0.15) is 72.6 Å². The van der Waals surface area contributed by atoms with Gasteiger partial charge in [-0.2, -0.15) is 0 Å². The summed E-state index contributed by atoms with van der Waals surface area (Å²) in [4.78, 5) is 8.46. The van der Waals surface area contributed by atoms with Gasteiger partial charge in [-0.1, -0.05) is 29.8 Å². The summed E-state index contributed by atoms with van der Waals surface area (Å²) in [5, 5.41) is 0. The molecule has 0 bridgehead atoms. The molecule has 2 saturated carbocycles. The van der Waals surface area contributed by atoms with Crippen molar-refractivity contribution in [2.75, 3.05) is 0 Å². The number of nitrogens with two attached hydrogens (primary N) is 2. The van der Waals surface area contributed by atoms with Crippen LogP contribution in [0.2, 0.25) is 0 Å². The predicted octanol–water partition coefficient (Wildman–Crippen LogP) is 5.95. The summed E-state index contributed by atoms with van der Waals surface area (Å²) >= 11 is 0. The van der Waals surface area contributed by atoms with Crippen molar-refractivity contribution in [1.29, 1.82) is 0 Å². The lowest BCUT2D eigenvalue weighted by Gasteiger charge is -2.32. The van der Waals surface area contributed by atoms with Gasteiger partial charge >= 0.3 is 0 Å². The third kappa shape index (κ3) is 3.14. The van der Waals surface area contributed by atoms with Crippen LogP contribution < -0.4 is 11.5 Å². The number of hydrogen-bond acceptors (Lipinski definition) is 4. The van der Waals surface area contributed by atoms with Crippen molar-refractivity contribution in [2.24, 2.45) is 21.5 Å². The van der Waals surface area contributed by atoms with E-state index in [9.17, 15) is 8.78 Å². The van der Waals surface area contributed by atoms with E-state index in [0.717, 1.165) is 59.3 Å². The summed E-state index contributed by atoms with van der Waals surface area (Å²) in [6.07, 6.45) is 4.57. The number of fused-ring (bicyclic) bond motifs is 6. The zero-order chi connectivity index (χ0) is 22.7. The topological polar surface area (TPSA) is 76.8 Å². The van der Waals surface area contributed by atoms with Crippen LogP contribution >= 0.6 is 0 Å². The van der Waals surface area contributed by atoms with Crippen LogP contribution in [0.15, 0.2) is 46.4 Å². The normalized spacial score (nSPS) is 31.9. The number of aryl methyl sites for hydroxylation is 2. The van der Waals surface area contributed by atoms with Crippen molar-refractivity contribution in [2.45, 2.75) is 75.5 Å². The van der Waals surface area contributed by atoms with E-state index in [4.69, 9.17) is 11.5 Å². The Hall–Kier alpha value is -2.76. The van der Waals surface area contributed by atoms with Gasteiger partial charge in [0.25, 0.3) is 0 Å². The Kier molecular flexibility index (Phi) is 4.88. The Morgan fingerprint density at radius 1 is 0.750 bits per heavy atom. The molecule has 168 valence electrons. The lowest BCUT2D eigenvalue weighted by molar-refractivity contribution is 0.232. The lowest BCUT2D eigenvalue weighted by Crippen LogP contribution is -2.43. The molecule has 0 saturated heterocycles. The Morgan fingerprint density at radius 2 is 1.28 bits per heavy atom. The molecule has 2 aliphatic carbocycles. The van der Waals surface area contributed by atoms with Gasteiger partial charge in [-0.05, 0) is 81.2 Å². The number of hydrogen-bond donors (Lipinski definition) is 2. The molecular formula is C26H30F2N4. The van der Waals surface area contributed by atoms with Crippen molar-refractivity contribution in [3.8, 4) is 0 Å². The summed E-state index contributed by atoms with van der Waals surface area (Å²) in [5.41, 5.74) is 14.9. The van der Waals surface area contributed by atoms with E-state index in [1.54, 1.807) is 0 Å². The van der Waals surface area contributed by atoms with E-state index in [0.29, 0.717) is 12.8 Å². The van der Waals surface area contributed by atoms with Gasteiger partial charge in [0, 0.05) is 11.8 Å². The monoisotopic (exact) mass is 436 g/mol. The second-order valence-corrected chi connectivity index (χ2v) is 9.73. The van der Waals surface area contributed by atoms with E-state index in [-0.39, 0.29) is 23.5 Å². The predicted molar refractivity (Wildman–Crippen MR) is 126 cm³/mol. The number of aliphatic imine (C=N–C) groups is 2. The molecule has 2 aromatic carbocycles. The molecule has 6 rings (SSSR count).